The maximum Gasteiger partial charge on any atom is 0.0555 e. The molecule has 2 nitrogen and oxygen atoms in total. The molecular formula is C50H42N2S. The number of hydrogen-bond acceptors (Lipinski definition) is 1. The molecule has 0 unspecified atom stereocenters. The van der Waals surface area contributed by atoms with Crippen LogP contribution in [-0.2, 0) is 10.8 Å². The van der Waals surface area contributed by atoms with Crippen LogP contribution in [0.3, 0.4) is 0 Å². The van der Waals surface area contributed by atoms with Gasteiger partial charge in [0.2, 0.25) is 0 Å². The summed E-state index contributed by atoms with van der Waals surface area (Å²) in [6.07, 6.45) is 0. The van der Waals surface area contributed by atoms with Crippen molar-refractivity contribution in [3.63, 3.8) is 0 Å². The number of para-hydroxylation sites is 1. The van der Waals surface area contributed by atoms with Crippen molar-refractivity contribution in [1.29, 1.82) is 0 Å². The van der Waals surface area contributed by atoms with Crippen molar-refractivity contribution in [3.05, 3.63) is 157 Å². The summed E-state index contributed by atoms with van der Waals surface area (Å²) >= 11 is 1.90. The number of aromatic nitrogens is 2. The van der Waals surface area contributed by atoms with E-state index >= 15 is 0 Å². The summed E-state index contributed by atoms with van der Waals surface area (Å²) in [6.45, 7) is 13.8. The number of nitrogens with zero attached hydrogens (tertiary/aromatic N) is 2. The molecule has 0 bridgehead atoms. The van der Waals surface area contributed by atoms with E-state index in [0.29, 0.717) is 0 Å². The monoisotopic (exact) mass is 702 g/mol. The van der Waals surface area contributed by atoms with Crippen molar-refractivity contribution in [2.24, 2.45) is 0 Å². The molecule has 0 spiro atoms. The number of thiophene rings is 1. The fraction of sp³-hybridized carbons (Fsp3) is 0.160. The maximum absolute atomic E-state index is 2.44. The van der Waals surface area contributed by atoms with E-state index in [1.54, 1.807) is 0 Å². The topological polar surface area (TPSA) is 9.86 Å². The first-order valence-corrected chi connectivity index (χ1v) is 19.5. The number of fused-ring (bicyclic) bond motifs is 10. The molecule has 0 N–H and O–H groups in total. The van der Waals surface area contributed by atoms with Gasteiger partial charge in [0, 0.05) is 53.1 Å². The van der Waals surface area contributed by atoms with Crippen molar-refractivity contribution < 1.29 is 0 Å². The summed E-state index contributed by atoms with van der Waals surface area (Å²) in [5.41, 5.74) is 12.6. The van der Waals surface area contributed by atoms with Crippen molar-refractivity contribution in [3.8, 4) is 22.5 Å². The molecule has 0 fully saturated rings. The van der Waals surface area contributed by atoms with Crippen molar-refractivity contribution in [2.75, 3.05) is 0 Å². The van der Waals surface area contributed by atoms with Gasteiger partial charge in [-0.1, -0.05) is 120 Å². The highest BCUT2D eigenvalue weighted by molar-refractivity contribution is 7.26. The first-order chi connectivity index (χ1) is 25.5. The van der Waals surface area contributed by atoms with Crippen LogP contribution < -0.4 is 0 Å². The fourth-order valence-corrected chi connectivity index (χ4v) is 9.61. The lowest BCUT2D eigenvalue weighted by molar-refractivity contribution is 0.590. The molecule has 0 aliphatic heterocycles. The summed E-state index contributed by atoms with van der Waals surface area (Å²) in [7, 11) is 0. The van der Waals surface area contributed by atoms with E-state index in [1.807, 2.05) is 11.3 Å². The molecule has 0 saturated heterocycles. The third-order valence-electron chi connectivity index (χ3n) is 11.3. The minimum atomic E-state index is 0.0781. The molecule has 0 radical (unpaired) electrons. The Balaban J connectivity index is 1.05. The lowest BCUT2D eigenvalue weighted by atomic mass is 9.85. The van der Waals surface area contributed by atoms with Crippen LogP contribution >= 0.6 is 11.3 Å². The summed E-state index contributed by atoms with van der Waals surface area (Å²) in [4.78, 5) is 0. The lowest BCUT2D eigenvalue weighted by Crippen LogP contribution is -2.10. The first kappa shape index (κ1) is 32.0. The zero-order chi connectivity index (χ0) is 36.2. The van der Waals surface area contributed by atoms with Crippen molar-refractivity contribution in [1.82, 2.24) is 9.13 Å². The Morgan fingerprint density at radius 3 is 1.43 bits per heavy atom. The van der Waals surface area contributed by atoms with E-state index < -0.39 is 0 Å². The second-order valence-electron chi connectivity index (χ2n) is 16.7. The summed E-state index contributed by atoms with van der Waals surface area (Å²) in [6, 6.07) is 54.5. The largest absolute Gasteiger partial charge is 0.309 e. The van der Waals surface area contributed by atoms with Gasteiger partial charge in [0.05, 0.1) is 22.1 Å². The Labute approximate surface area is 314 Å². The zero-order valence-electron chi connectivity index (χ0n) is 31.2. The van der Waals surface area contributed by atoms with E-state index in [-0.39, 0.29) is 10.8 Å². The predicted octanol–water partition coefficient (Wildman–Crippen LogP) is 14.5. The van der Waals surface area contributed by atoms with Crippen LogP contribution in [0.15, 0.2) is 146 Å². The van der Waals surface area contributed by atoms with Gasteiger partial charge in [0.1, 0.15) is 0 Å². The predicted molar refractivity (Wildman–Crippen MR) is 231 cm³/mol. The summed E-state index contributed by atoms with van der Waals surface area (Å²) < 4.78 is 7.57. The van der Waals surface area contributed by atoms with Crippen LogP contribution in [0.2, 0.25) is 0 Å². The fourth-order valence-electron chi connectivity index (χ4n) is 8.35. The van der Waals surface area contributed by atoms with Gasteiger partial charge in [0.25, 0.3) is 0 Å². The quantitative estimate of drug-likeness (QED) is 0.173. The summed E-state index contributed by atoms with van der Waals surface area (Å²) in [5.74, 6) is 0. The molecule has 0 saturated carbocycles. The van der Waals surface area contributed by atoms with E-state index in [2.05, 4.69) is 196 Å². The van der Waals surface area contributed by atoms with Crippen LogP contribution in [0.25, 0.3) is 86.3 Å². The normalized spacial score (nSPS) is 12.7. The Morgan fingerprint density at radius 2 is 0.868 bits per heavy atom. The van der Waals surface area contributed by atoms with E-state index in [4.69, 9.17) is 0 Å². The SMILES string of the molecule is CC(C)(C)c1ccc2c(c1)c1cc(C(C)(C)C)ccc1n2-c1ccc(-c2ccc(-n3c4ccccc4c4c5sc6ccccc6c5ccc43)cc2)cc1. The van der Waals surface area contributed by atoms with Gasteiger partial charge in [-0.3, -0.25) is 0 Å². The van der Waals surface area contributed by atoms with Gasteiger partial charge in [-0.05, 0) is 99.8 Å². The lowest BCUT2D eigenvalue weighted by Gasteiger charge is -2.19. The molecule has 0 aliphatic carbocycles. The van der Waals surface area contributed by atoms with Gasteiger partial charge in [0.15, 0.2) is 0 Å². The molecule has 3 aromatic heterocycles. The maximum atomic E-state index is 2.44. The van der Waals surface area contributed by atoms with Crippen LogP contribution in [0.1, 0.15) is 52.7 Å². The number of benzene rings is 7. The van der Waals surface area contributed by atoms with Crippen LogP contribution in [0.5, 0.6) is 0 Å². The Kier molecular flexibility index (Phi) is 6.91. The van der Waals surface area contributed by atoms with Gasteiger partial charge < -0.3 is 9.13 Å². The van der Waals surface area contributed by atoms with E-state index in [1.165, 1.54) is 97.4 Å². The number of rotatable bonds is 3. The Morgan fingerprint density at radius 1 is 0.396 bits per heavy atom. The molecule has 0 amide bonds. The average Bonchev–Trinajstić information content (AvgIpc) is 3.81. The minimum absolute atomic E-state index is 0.0781. The highest BCUT2D eigenvalue weighted by Crippen LogP contribution is 2.44. The molecule has 10 aromatic rings. The third-order valence-corrected chi connectivity index (χ3v) is 12.5. The molecule has 3 heterocycles. The van der Waals surface area contributed by atoms with Crippen molar-refractivity contribution >= 4 is 75.1 Å². The molecule has 0 atom stereocenters. The van der Waals surface area contributed by atoms with E-state index in [0.717, 1.165) is 0 Å². The third kappa shape index (κ3) is 4.98. The first-order valence-electron chi connectivity index (χ1n) is 18.7. The summed E-state index contributed by atoms with van der Waals surface area (Å²) in [5, 5.41) is 7.95. The average molecular weight is 703 g/mol. The van der Waals surface area contributed by atoms with Gasteiger partial charge in [-0.2, -0.15) is 0 Å². The van der Waals surface area contributed by atoms with Gasteiger partial charge in [-0.15, -0.1) is 11.3 Å². The van der Waals surface area contributed by atoms with Gasteiger partial charge >= 0.3 is 0 Å². The second kappa shape index (κ2) is 11.4. The minimum Gasteiger partial charge on any atom is -0.309 e. The molecule has 3 heteroatoms. The number of hydrogen-bond donors (Lipinski definition) is 0. The smallest absolute Gasteiger partial charge is 0.0555 e. The van der Waals surface area contributed by atoms with Gasteiger partial charge in [-0.25, -0.2) is 0 Å². The molecule has 0 aliphatic rings. The van der Waals surface area contributed by atoms with Crippen LogP contribution in [-0.4, -0.2) is 9.13 Å². The Hall–Kier alpha value is -5.64. The van der Waals surface area contributed by atoms with E-state index in [9.17, 15) is 0 Å². The Bertz CT molecular complexity index is 2970. The molecule has 7 aromatic carbocycles. The second-order valence-corrected chi connectivity index (χ2v) is 17.7. The highest BCUT2D eigenvalue weighted by atomic mass is 32.1. The highest BCUT2D eigenvalue weighted by Gasteiger charge is 2.21. The van der Waals surface area contributed by atoms with Crippen molar-refractivity contribution in [2.45, 2.75) is 52.4 Å². The van der Waals surface area contributed by atoms with Crippen LogP contribution in [0, 0.1) is 0 Å². The zero-order valence-corrected chi connectivity index (χ0v) is 32.0. The molecule has 258 valence electrons. The standard InChI is InChI=1S/C50H42N2S/c1-49(2,3)33-19-26-43-40(29-33)41-30-34(50(4,5)6)20-27-44(41)51(43)35-21-15-31(16-22-35)32-17-23-36(24-18-32)52-42-13-9-7-12-39(42)47-45(52)28-25-38-37-11-8-10-14-46(37)53-48(38)47/h7-30H,1-6H3. The molecule has 53 heavy (non-hydrogen) atoms. The van der Waals surface area contributed by atoms with Crippen LogP contribution in [0.4, 0.5) is 0 Å². The molecular weight excluding hydrogens is 661 g/mol. The molecule has 10 rings (SSSR count).